The molecular weight excluding hydrogens is 306 g/mol. The molecule has 2 rings (SSSR count). The van der Waals surface area contributed by atoms with Crippen molar-refractivity contribution in [2.24, 2.45) is 0 Å². The van der Waals surface area contributed by atoms with Crippen LogP contribution in [0.3, 0.4) is 0 Å². The Labute approximate surface area is 92.3 Å². The van der Waals surface area contributed by atoms with Gasteiger partial charge in [-0.25, -0.2) is 0 Å². The summed E-state index contributed by atoms with van der Waals surface area (Å²) in [5.74, 6) is 0. The van der Waals surface area contributed by atoms with Crippen LogP contribution in [0, 0.1) is 8.70 Å². The number of benzene rings is 1. The lowest BCUT2D eigenvalue weighted by Gasteiger charge is -1.91. The molecule has 0 unspecified atom stereocenters. The van der Waals surface area contributed by atoms with E-state index >= 15 is 0 Å². The Hall–Kier alpha value is 0.190. The highest BCUT2D eigenvalue weighted by Crippen LogP contribution is 2.33. The second-order valence-electron chi connectivity index (χ2n) is 2.36. The SMILES string of the molecule is Fc1sc2ccc(I)cc2c1S. The number of hydrogen-bond acceptors (Lipinski definition) is 2. The minimum absolute atomic E-state index is 0.199. The highest BCUT2D eigenvalue weighted by atomic mass is 127. The van der Waals surface area contributed by atoms with Crippen LogP contribution < -0.4 is 0 Å². The Morgan fingerprint density at radius 1 is 1.42 bits per heavy atom. The van der Waals surface area contributed by atoms with E-state index in [4.69, 9.17) is 0 Å². The molecule has 0 aliphatic carbocycles. The van der Waals surface area contributed by atoms with Crippen LogP contribution in [0.15, 0.2) is 23.1 Å². The van der Waals surface area contributed by atoms with Crippen LogP contribution in [-0.2, 0) is 0 Å². The molecule has 0 spiro atoms. The monoisotopic (exact) mass is 310 g/mol. The van der Waals surface area contributed by atoms with Crippen molar-refractivity contribution >= 4 is 56.6 Å². The summed E-state index contributed by atoms with van der Waals surface area (Å²) in [4.78, 5) is 0.466. The van der Waals surface area contributed by atoms with Gasteiger partial charge in [-0.1, -0.05) is 0 Å². The minimum atomic E-state index is -0.199. The minimum Gasteiger partial charge on any atom is -0.194 e. The summed E-state index contributed by atoms with van der Waals surface area (Å²) in [5.41, 5.74) is 0. The fraction of sp³-hybridized carbons (Fsp3) is 0. The summed E-state index contributed by atoms with van der Waals surface area (Å²) < 4.78 is 15.1. The molecule has 0 radical (unpaired) electrons. The van der Waals surface area contributed by atoms with Gasteiger partial charge in [-0.15, -0.1) is 24.0 Å². The summed E-state index contributed by atoms with van der Waals surface area (Å²) in [6.07, 6.45) is 0. The van der Waals surface area contributed by atoms with Crippen molar-refractivity contribution in [1.29, 1.82) is 0 Å². The second kappa shape index (κ2) is 3.16. The van der Waals surface area contributed by atoms with Crippen molar-refractivity contribution in [2.45, 2.75) is 4.90 Å². The predicted octanol–water partition coefficient (Wildman–Crippen LogP) is 3.93. The molecule has 0 saturated carbocycles. The normalized spacial score (nSPS) is 10.9. The zero-order valence-corrected chi connectivity index (χ0v) is 9.71. The van der Waals surface area contributed by atoms with Crippen LogP contribution in [0.2, 0.25) is 0 Å². The zero-order valence-electron chi connectivity index (χ0n) is 5.84. The molecule has 12 heavy (non-hydrogen) atoms. The average molecular weight is 310 g/mol. The van der Waals surface area contributed by atoms with Crippen molar-refractivity contribution in [3.05, 3.63) is 26.9 Å². The molecule has 1 aromatic heterocycles. The van der Waals surface area contributed by atoms with Gasteiger partial charge in [-0.05, 0) is 40.8 Å². The molecule has 1 aromatic carbocycles. The van der Waals surface area contributed by atoms with Gasteiger partial charge in [0.1, 0.15) is 0 Å². The van der Waals surface area contributed by atoms with E-state index in [0.29, 0.717) is 4.90 Å². The lowest BCUT2D eigenvalue weighted by Crippen LogP contribution is -1.69. The third-order valence-corrected chi connectivity index (χ3v) is 3.80. The summed E-state index contributed by atoms with van der Waals surface area (Å²) in [6.45, 7) is 0. The van der Waals surface area contributed by atoms with Crippen LogP contribution in [0.1, 0.15) is 0 Å². The van der Waals surface area contributed by atoms with E-state index in [1.807, 2.05) is 18.2 Å². The number of rotatable bonds is 0. The highest BCUT2D eigenvalue weighted by molar-refractivity contribution is 14.1. The van der Waals surface area contributed by atoms with Crippen LogP contribution in [0.25, 0.3) is 10.1 Å². The van der Waals surface area contributed by atoms with Gasteiger partial charge >= 0.3 is 0 Å². The van der Waals surface area contributed by atoms with E-state index < -0.39 is 0 Å². The lowest BCUT2D eigenvalue weighted by molar-refractivity contribution is 0.636. The lowest BCUT2D eigenvalue weighted by atomic mass is 10.3. The molecule has 0 atom stereocenters. The van der Waals surface area contributed by atoms with Gasteiger partial charge in [0.25, 0.3) is 0 Å². The number of thiophene rings is 1. The Morgan fingerprint density at radius 2 is 2.17 bits per heavy atom. The van der Waals surface area contributed by atoms with Crippen molar-refractivity contribution in [1.82, 2.24) is 0 Å². The summed E-state index contributed by atoms with van der Waals surface area (Å²) in [6, 6.07) is 5.83. The fourth-order valence-corrected chi connectivity index (χ4v) is 2.72. The number of hydrogen-bond donors (Lipinski definition) is 1. The predicted molar refractivity (Wildman–Crippen MR) is 61.8 cm³/mol. The number of thiol groups is 1. The van der Waals surface area contributed by atoms with E-state index in [2.05, 4.69) is 35.2 Å². The van der Waals surface area contributed by atoms with Crippen molar-refractivity contribution in [3.8, 4) is 0 Å². The van der Waals surface area contributed by atoms with Gasteiger partial charge in [0.15, 0.2) is 5.13 Å². The van der Waals surface area contributed by atoms with E-state index in [1.54, 1.807) is 0 Å². The molecule has 0 amide bonds. The van der Waals surface area contributed by atoms with Crippen LogP contribution in [-0.4, -0.2) is 0 Å². The molecule has 2 aromatic rings. The molecule has 1 heterocycles. The second-order valence-corrected chi connectivity index (χ2v) is 5.06. The summed E-state index contributed by atoms with van der Waals surface area (Å²) in [5, 5.41) is 0.711. The molecule has 4 heteroatoms. The standard InChI is InChI=1S/C8H4FIS2/c9-8-7(11)5-3-4(10)1-2-6(5)12-8/h1-3,11H. The summed E-state index contributed by atoms with van der Waals surface area (Å²) >= 11 is 7.44. The number of fused-ring (bicyclic) bond motifs is 1. The molecule has 0 bridgehead atoms. The van der Waals surface area contributed by atoms with Crippen molar-refractivity contribution in [3.63, 3.8) is 0 Å². The first-order valence-corrected chi connectivity index (χ1v) is 5.59. The first-order valence-electron chi connectivity index (χ1n) is 3.25. The molecular formula is C8H4FIS2. The van der Waals surface area contributed by atoms with Gasteiger partial charge in [-0.2, -0.15) is 4.39 Å². The van der Waals surface area contributed by atoms with Crippen molar-refractivity contribution < 1.29 is 4.39 Å². The number of halogens is 2. The third kappa shape index (κ3) is 1.36. The fourth-order valence-electron chi connectivity index (χ4n) is 1.03. The first kappa shape index (κ1) is 8.77. The van der Waals surface area contributed by atoms with Crippen LogP contribution >= 0.6 is 46.6 Å². The summed E-state index contributed by atoms with van der Waals surface area (Å²) in [7, 11) is 0. The molecule has 0 nitrogen and oxygen atoms in total. The maximum absolute atomic E-state index is 13.0. The topological polar surface area (TPSA) is 0 Å². The smallest absolute Gasteiger partial charge is 0.190 e. The van der Waals surface area contributed by atoms with Crippen LogP contribution in [0.5, 0.6) is 0 Å². The van der Waals surface area contributed by atoms with Gasteiger partial charge in [0.05, 0.1) is 4.90 Å². The highest BCUT2D eigenvalue weighted by Gasteiger charge is 2.07. The van der Waals surface area contributed by atoms with E-state index in [9.17, 15) is 4.39 Å². The zero-order chi connectivity index (χ0) is 8.72. The maximum atomic E-state index is 13.0. The third-order valence-electron chi connectivity index (χ3n) is 1.58. The molecule has 0 aliphatic rings. The van der Waals surface area contributed by atoms with E-state index in [-0.39, 0.29) is 5.13 Å². The van der Waals surface area contributed by atoms with Gasteiger partial charge < -0.3 is 0 Å². The first-order chi connectivity index (χ1) is 5.68. The van der Waals surface area contributed by atoms with Crippen LogP contribution in [0.4, 0.5) is 4.39 Å². The van der Waals surface area contributed by atoms with Gasteiger partial charge in [0.2, 0.25) is 0 Å². The quantitative estimate of drug-likeness (QED) is 0.553. The molecule has 62 valence electrons. The molecule has 0 fully saturated rings. The largest absolute Gasteiger partial charge is 0.194 e. The molecule has 0 aliphatic heterocycles. The average Bonchev–Trinajstić information content (AvgIpc) is 2.31. The van der Waals surface area contributed by atoms with Gasteiger partial charge in [-0.3, -0.25) is 0 Å². The van der Waals surface area contributed by atoms with Gasteiger partial charge in [0, 0.05) is 13.7 Å². The van der Waals surface area contributed by atoms with E-state index in [1.165, 1.54) is 0 Å². The Kier molecular flexibility index (Phi) is 2.31. The molecule has 0 saturated heterocycles. The Morgan fingerprint density at radius 3 is 2.92 bits per heavy atom. The molecule has 0 N–H and O–H groups in total. The Balaban J connectivity index is 2.88. The van der Waals surface area contributed by atoms with E-state index in [0.717, 1.165) is 25.0 Å². The maximum Gasteiger partial charge on any atom is 0.190 e. The van der Waals surface area contributed by atoms with Crippen molar-refractivity contribution in [2.75, 3.05) is 0 Å². The Bertz CT molecular complexity index is 436.